The molecule has 0 saturated carbocycles. The van der Waals surface area contributed by atoms with E-state index in [2.05, 4.69) is 4.99 Å². The van der Waals surface area contributed by atoms with Crippen molar-refractivity contribution in [1.29, 1.82) is 0 Å². The van der Waals surface area contributed by atoms with Gasteiger partial charge >= 0.3 is 6.18 Å². The Balaban J connectivity index is 2.58. The normalized spacial score (nSPS) is 18.6. The van der Waals surface area contributed by atoms with Crippen molar-refractivity contribution in [2.75, 3.05) is 0 Å². The van der Waals surface area contributed by atoms with Gasteiger partial charge in [0.2, 0.25) is 0 Å². The number of halogens is 3. The summed E-state index contributed by atoms with van der Waals surface area (Å²) in [5, 5.41) is 0. The number of rotatable bonds is 0. The number of benzene rings is 1. The zero-order valence-corrected chi connectivity index (χ0v) is 10.0. The Kier molecular flexibility index (Phi) is 2.56. The molecule has 0 radical (unpaired) electrons. The number of hydrogen-bond acceptors (Lipinski definition) is 1. The molecule has 0 N–H and O–H groups in total. The fraction of sp³-hybridized carbons (Fsp3) is 0.462. The van der Waals surface area contributed by atoms with Gasteiger partial charge in [-0.1, -0.05) is 19.9 Å². The summed E-state index contributed by atoms with van der Waals surface area (Å²) in [6.45, 7) is 5.90. The summed E-state index contributed by atoms with van der Waals surface area (Å²) in [5.74, 6) is 0. The highest BCUT2D eigenvalue weighted by atomic mass is 19.4. The third-order valence-electron chi connectivity index (χ3n) is 3.06. The summed E-state index contributed by atoms with van der Waals surface area (Å²) in [7, 11) is 0. The van der Waals surface area contributed by atoms with Crippen LogP contribution in [0.4, 0.5) is 18.9 Å². The number of nitrogens with zero attached hydrogens (tertiary/aromatic N) is 1. The molecule has 0 bridgehead atoms. The fourth-order valence-electron chi connectivity index (χ4n) is 2.35. The first-order valence-electron chi connectivity index (χ1n) is 5.46. The highest BCUT2D eigenvalue weighted by Gasteiger charge is 2.34. The van der Waals surface area contributed by atoms with E-state index in [9.17, 15) is 13.2 Å². The van der Waals surface area contributed by atoms with Crippen LogP contribution < -0.4 is 0 Å². The first-order chi connectivity index (χ1) is 7.70. The predicted molar refractivity (Wildman–Crippen MR) is 61.9 cm³/mol. The zero-order chi connectivity index (χ0) is 12.8. The van der Waals surface area contributed by atoms with Crippen LogP contribution in [0.5, 0.6) is 0 Å². The third-order valence-corrected chi connectivity index (χ3v) is 3.06. The van der Waals surface area contributed by atoms with E-state index in [1.807, 2.05) is 20.8 Å². The highest BCUT2D eigenvalue weighted by Crippen LogP contribution is 2.41. The van der Waals surface area contributed by atoms with Gasteiger partial charge in [0.1, 0.15) is 0 Å². The maximum absolute atomic E-state index is 12.6. The van der Waals surface area contributed by atoms with Gasteiger partial charge in [0.05, 0.1) is 11.3 Å². The van der Waals surface area contributed by atoms with Crippen LogP contribution in [-0.2, 0) is 11.6 Å². The van der Waals surface area contributed by atoms with E-state index in [0.717, 1.165) is 29.8 Å². The molecule has 0 aromatic heterocycles. The second-order valence-corrected chi connectivity index (χ2v) is 5.14. The molecule has 0 unspecified atom stereocenters. The molecule has 1 aliphatic heterocycles. The van der Waals surface area contributed by atoms with Gasteiger partial charge in [0.25, 0.3) is 0 Å². The minimum Gasteiger partial charge on any atom is -0.258 e. The Morgan fingerprint density at radius 3 is 2.47 bits per heavy atom. The SMILES string of the molecule is CC1=Nc2cc(C(F)(F)F)ccc2C(C)(C)C1. The minimum absolute atomic E-state index is 0.148. The van der Waals surface area contributed by atoms with E-state index in [0.29, 0.717) is 5.69 Å². The lowest BCUT2D eigenvalue weighted by molar-refractivity contribution is -0.137. The molecule has 2 rings (SSSR count). The van der Waals surface area contributed by atoms with E-state index in [1.54, 1.807) is 6.07 Å². The Labute approximate surface area is 98.4 Å². The van der Waals surface area contributed by atoms with Gasteiger partial charge < -0.3 is 0 Å². The maximum Gasteiger partial charge on any atom is 0.416 e. The van der Waals surface area contributed by atoms with Gasteiger partial charge in [0, 0.05) is 5.71 Å². The van der Waals surface area contributed by atoms with Crippen molar-refractivity contribution in [1.82, 2.24) is 0 Å². The molecule has 0 atom stereocenters. The third kappa shape index (κ3) is 2.21. The Hall–Kier alpha value is -1.32. The summed E-state index contributed by atoms with van der Waals surface area (Å²) in [6.07, 6.45) is -3.52. The van der Waals surface area contributed by atoms with Crippen molar-refractivity contribution in [3.8, 4) is 0 Å². The molecule has 17 heavy (non-hydrogen) atoms. The lowest BCUT2D eigenvalue weighted by atomic mass is 9.77. The van der Waals surface area contributed by atoms with Gasteiger partial charge in [0.15, 0.2) is 0 Å². The van der Waals surface area contributed by atoms with E-state index >= 15 is 0 Å². The molecule has 0 aliphatic carbocycles. The molecule has 1 aromatic carbocycles. The second-order valence-electron chi connectivity index (χ2n) is 5.14. The van der Waals surface area contributed by atoms with Crippen molar-refractivity contribution in [3.05, 3.63) is 29.3 Å². The molecule has 92 valence electrons. The van der Waals surface area contributed by atoms with Crippen LogP contribution in [0.2, 0.25) is 0 Å². The molecule has 0 fully saturated rings. The van der Waals surface area contributed by atoms with Crippen molar-refractivity contribution in [2.45, 2.75) is 38.8 Å². The smallest absolute Gasteiger partial charge is 0.258 e. The number of aliphatic imine (C=N–C) groups is 1. The summed E-state index contributed by atoms with van der Waals surface area (Å²) < 4.78 is 37.8. The molecule has 0 amide bonds. The average Bonchev–Trinajstić information content (AvgIpc) is 2.13. The van der Waals surface area contributed by atoms with Gasteiger partial charge in [-0.25, -0.2) is 0 Å². The zero-order valence-electron chi connectivity index (χ0n) is 10.0. The fourth-order valence-corrected chi connectivity index (χ4v) is 2.35. The van der Waals surface area contributed by atoms with Gasteiger partial charge in [-0.3, -0.25) is 4.99 Å². The Morgan fingerprint density at radius 1 is 1.24 bits per heavy atom. The molecule has 4 heteroatoms. The molecule has 1 nitrogen and oxygen atoms in total. The molecular formula is C13H14F3N. The largest absolute Gasteiger partial charge is 0.416 e. The van der Waals surface area contributed by atoms with Crippen molar-refractivity contribution >= 4 is 11.4 Å². The molecule has 0 spiro atoms. The van der Waals surface area contributed by atoms with Crippen LogP contribution in [0, 0.1) is 0 Å². The second kappa shape index (κ2) is 3.59. The van der Waals surface area contributed by atoms with Crippen LogP contribution in [0.1, 0.15) is 38.3 Å². The van der Waals surface area contributed by atoms with Gasteiger partial charge in [-0.05, 0) is 36.5 Å². The highest BCUT2D eigenvalue weighted by molar-refractivity contribution is 5.88. The first kappa shape index (κ1) is 12.1. The van der Waals surface area contributed by atoms with E-state index < -0.39 is 11.7 Å². The lowest BCUT2D eigenvalue weighted by Crippen LogP contribution is -2.24. The molecule has 1 heterocycles. The monoisotopic (exact) mass is 241 g/mol. The minimum atomic E-state index is -4.31. The number of hydrogen-bond donors (Lipinski definition) is 0. The van der Waals surface area contributed by atoms with Crippen LogP contribution in [-0.4, -0.2) is 5.71 Å². The summed E-state index contributed by atoms with van der Waals surface area (Å²) in [6, 6.07) is 3.82. The van der Waals surface area contributed by atoms with E-state index in [4.69, 9.17) is 0 Å². The van der Waals surface area contributed by atoms with Gasteiger partial charge in [-0.2, -0.15) is 13.2 Å². The quantitative estimate of drug-likeness (QED) is 0.635. The molecular weight excluding hydrogens is 227 g/mol. The van der Waals surface area contributed by atoms with E-state index in [1.165, 1.54) is 0 Å². The maximum atomic E-state index is 12.6. The van der Waals surface area contributed by atoms with Crippen LogP contribution in [0.25, 0.3) is 0 Å². The van der Waals surface area contributed by atoms with E-state index in [-0.39, 0.29) is 5.41 Å². The average molecular weight is 241 g/mol. The Morgan fingerprint density at radius 2 is 1.88 bits per heavy atom. The number of alkyl halides is 3. The standard InChI is InChI=1S/C13H14F3N/c1-8-7-12(2,3)10-5-4-9(13(14,15)16)6-11(10)17-8/h4-6H,7H2,1-3H3. The summed E-state index contributed by atoms with van der Waals surface area (Å²) >= 11 is 0. The Bertz CT molecular complexity index is 484. The van der Waals surface area contributed by atoms with Crippen LogP contribution in [0.3, 0.4) is 0 Å². The van der Waals surface area contributed by atoms with Gasteiger partial charge in [-0.15, -0.1) is 0 Å². The molecule has 0 saturated heterocycles. The van der Waals surface area contributed by atoms with Crippen molar-refractivity contribution in [2.24, 2.45) is 4.99 Å². The van der Waals surface area contributed by atoms with Crippen LogP contribution >= 0.6 is 0 Å². The van der Waals surface area contributed by atoms with Crippen molar-refractivity contribution in [3.63, 3.8) is 0 Å². The first-order valence-corrected chi connectivity index (χ1v) is 5.46. The van der Waals surface area contributed by atoms with Crippen LogP contribution in [0.15, 0.2) is 23.2 Å². The molecule has 1 aromatic rings. The summed E-state index contributed by atoms with van der Waals surface area (Å²) in [5.41, 5.74) is 1.43. The van der Waals surface area contributed by atoms with Crippen molar-refractivity contribution < 1.29 is 13.2 Å². The number of fused-ring (bicyclic) bond motifs is 1. The summed E-state index contributed by atoms with van der Waals surface area (Å²) in [4.78, 5) is 4.23. The molecule has 1 aliphatic rings. The predicted octanol–water partition coefficient (Wildman–Crippen LogP) is 4.48. The lowest BCUT2D eigenvalue weighted by Gasteiger charge is -2.31. The topological polar surface area (TPSA) is 12.4 Å².